The van der Waals surface area contributed by atoms with E-state index < -0.39 is 0 Å². The summed E-state index contributed by atoms with van der Waals surface area (Å²) in [7, 11) is 0. The van der Waals surface area contributed by atoms with Crippen LogP contribution in [-0.4, -0.2) is 31.7 Å². The van der Waals surface area contributed by atoms with Crippen LogP contribution >= 0.6 is 0 Å². The third kappa shape index (κ3) is 3.80. The van der Waals surface area contributed by atoms with Gasteiger partial charge in [-0.15, -0.1) is 0 Å². The minimum absolute atomic E-state index is 0.0457. The van der Waals surface area contributed by atoms with Gasteiger partial charge in [0, 0.05) is 24.4 Å². The molecule has 0 aromatic carbocycles. The summed E-state index contributed by atoms with van der Waals surface area (Å²) in [5.74, 6) is 0.391. The first-order valence-corrected chi connectivity index (χ1v) is 5.53. The van der Waals surface area contributed by atoms with E-state index in [-0.39, 0.29) is 17.4 Å². The number of nitrogens with one attached hydrogen (secondary N) is 1. The van der Waals surface area contributed by atoms with E-state index in [2.05, 4.69) is 12.2 Å². The van der Waals surface area contributed by atoms with Crippen LogP contribution < -0.4 is 11.1 Å². The first-order valence-electron chi connectivity index (χ1n) is 5.53. The van der Waals surface area contributed by atoms with E-state index in [0.29, 0.717) is 18.9 Å². The van der Waals surface area contributed by atoms with Crippen molar-refractivity contribution >= 4 is 5.91 Å². The van der Waals surface area contributed by atoms with Crippen molar-refractivity contribution < 1.29 is 9.53 Å². The first-order chi connectivity index (χ1) is 6.93. The highest BCUT2D eigenvalue weighted by Gasteiger charge is 2.33. The molecule has 1 rings (SSSR count). The molecule has 1 amide bonds. The van der Waals surface area contributed by atoms with Gasteiger partial charge in [0.1, 0.15) is 0 Å². The second-order valence-corrected chi connectivity index (χ2v) is 5.19. The summed E-state index contributed by atoms with van der Waals surface area (Å²) in [4.78, 5) is 11.5. The average molecular weight is 214 g/mol. The highest BCUT2D eigenvalue weighted by atomic mass is 16.5. The minimum Gasteiger partial charge on any atom is -0.380 e. The standard InChI is InChI=1S/C11H22N2O2/c1-8(2)9(12)4-10(14)13-5-11(3)6-15-7-11/h8-9H,4-7,12H2,1-3H3,(H,13,14). The Bertz CT molecular complexity index is 225. The molecule has 1 atom stereocenters. The number of nitrogens with two attached hydrogens (primary N) is 1. The zero-order valence-corrected chi connectivity index (χ0v) is 9.88. The van der Waals surface area contributed by atoms with Gasteiger partial charge in [0.05, 0.1) is 13.2 Å². The molecule has 0 aromatic heterocycles. The fraction of sp³-hybridized carbons (Fsp3) is 0.909. The Balaban J connectivity index is 2.18. The van der Waals surface area contributed by atoms with Gasteiger partial charge in [-0.1, -0.05) is 20.8 Å². The van der Waals surface area contributed by atoms with Crippen molar-refractivity contribution in [2.75, 3.05) is 19.8 Å². The van der Waals surface area contributed by atoms with Crippen LogP contribution in [-0.2, 0) is 9.53 Å². The summed E-state index contributed by atoms with van der Waals surface area (Å²) in [6.45, 7) is 8.33. The van der Waals surface area contributed by atoms with Crippen molar-refractivity contribution in [1.82, 2.24) is 5.32 Å². The van der Waals surface area contributed by atoms with E-state index in [1.54, 1.807) is 0 Å². The van der Waals surface area contributed by atoms with Gasteiger partial charge in [0.2, 0.25) is 5.91 Å². The van der Waals surface area contributed by atoms with Gasteiger partial charge in [0.15, 0.2) is 0 Å². The lowest BCUT2D eigenvalue weighted by Gasteiger charge is -2.38. The Labute approximate surface area is 91.5 Å². The zero-order valence-electron chi connectivity index (χ0n) is 9.88. The smallest absolute Gasteiger partial charge is 0.221 e. The highest BCUT2D eigenvalue weighted by molar-refractivity contribution is 5.76. The maximum Gasteiger partial charge on any atom is 0.221 e. The second kappa shape index (κ2) is 4.94. The van der Waals surface area contributed by atoms with E-state index >= 15 is 0 Å². The number of ether oxygens (including phenoxy) is 1. The third-order valence-electron chi connectivity index (χ3n) is 2.89. The quantitative estimate of drug-likeness (QED) is 0.701. The van der Waals surface area contributed by atoms with Crippen LogP contribution in [0.3, 0.4) is 0 Å². The molecule has 0 bridgehead atoms. The Hall–Kier alpha value is -0.610. The molecule has 1 fully saturated rings. The van der Waals surface area contributed by atoms with Gasteiger partial charge in [-0.3, -0.25) is 4.79 Å². The lowest BCUT2D eigenvalue weighted by Crippen LogP contribution is -2.49. The Kier molecular flexibility index (Phi) is 4.11. The lowest BCUT2D eigenvalue weighted by atomic mass is 9.88. The van der Waals surface area contributed by atoms with Crippen LogP contribution in [0, 0.1) is 11.3 Å². The monoisotopic (exact) mass is 214 g/mol. The summed E-state index contributed by atoms with van der Waals surface area (Å²) < 4.78 is 5.11. The van der Waals surface area contributed by atoms with Crippen LogP contribution in [0.5, 0.6) is 0 Å². The maximum atomic E-state index is 11.5. The van der Waals surface area contributed by atoms with Gasteiger partial charge in [-0.25, -0.2) is 0 Å². The van der Waals surface area contributed by atoms with Crippen molar-refractivity contribution in [3.05, 3.63) is 0 Å². The molecule has 1 heterocycles. The van der Waals surface area contributed by atoms with E-state index in [1.165, 1.54) is 0 Å². The van der Waals surface area contributed by atoms with Crippen molar-refractivity contribution in [3.8, 4) is 0 Å². The summed E-state index contributed by atoms with van der Waals surface area (Å²) >= 11 is 0. The van der Waals surface area contributed by atoms with E-state index in [9.17, 15) is 4.79 Å². The molecule has 1 aliphatic heterocycles. The van der Waals surface area contributed by atoms with Crippen LogP contribution in [0.2, 0.25) is 0 Å². The maximum absolute atomic E-state index is 11.5. The van der Waals surface area contributed by atoms with Gasteiger partial charge in [0.25, 0.3) is 0 Å². The molecule has 0 radical (unpaired) electrons. The predicted octanol–water partition coefficient (Wildman–Crippen LogP) is 0.513. The molecule has 0 spiro atoms. The molecule has 0 aliphatic carbocycles. The number of rotatable bonds is 5. The van der Waals surface area contributed by atoms with Crippen molar-refractivity contribution in [1.29, 1.82) is 0 Å². The van der Waals surface area contributed by atoms with E-state index in [1.807, 2.05) is 13.8 Å². The van der Waals surface area contributed by atoms with Gasteiger partial charge in [-0.05, 0) is 5.92 Å². The van der Waals surface area contributed by atoms with Gasteiger partial charge < -0.3 is 15.8 Å². The molecule has 4 nitrogen and oxygen atoms in total. The molecule has 0 aromatic rings. The molecule has 88 valence electrons. The van der Waals surface area contributed by atoms with E-state index in [4.69, 9.17) is 10.5 Å². The number of hydrogen-bond donors (Lipinski definition) is 2. The normalized spacial score (nSPS) is 20.9. The average Bonchev–Trinajstić information content (AvgIpc) is 2.11. The molecular formula is C11H22N2O2. The number of hydrogen-bond acceptors (Lipinski definition) is 3. The van der Waals surface area contributed by atoms with E-state index in [0.717, 1.165) is 13.2 Å². The minimum atomic E-state index is -0.0459. The van der Waals surface area contributed by atoms with Crippen LogP contribution in [0.4, 0.5) is 0 Å². The summed E-state index contributed by atoms with van der Waals surface area (Å²) in [6.07, 6.45) is 0.411. The Morgan fingerprint density at radius 3 is 2.53 bits per heavy atom. The Morgan fingerprint density at radius 1 is 1.53 bits per heavy atom. The predicted molar refractivity (Wildman–Crippen MR) is 59.4 cm³/mol. The molecule has 1 aliphatic rings. The molecular weight excluding hydrogens is 192 g/mol. The molecule has 15 heavy (non-hydrogen) atoms. The van der Waals surface area contributed by atoms with Gasteiger partial charge in [-0.2, -0.15) is 0 Å². The Morgan fingerprint density at radius 2 is 2.13 bits per heavy atom. The van der Waals surface area contributed by atoms with Gasteiger partial charge >= 0.3 is 0 Å². The van der Waals surface area contributed by atoms with Crippen molar-refractivity contribution in [2.45, 2.75) is 33.2 Å². The summed E-state index contributed by atoms with van der Waals surface area (Å²) in [6, 6.07) is -0.0459. The summed E-state index contributed by atoms with van der Waals surface area (Å²) in [5, 5.41) is 2.91. The summed E-state index contributed by atoms with van der Waals surface area (Å²) in [5.41, 5.74) is 5.95. The first kappa shape index (κ1) is 12.5. The molecule has 1 saturated heterocycles. The second-order valence-electron chi connectivity index (χ2n) is 5.19. The lowest BCUT2D eigenvalue weighted by molar-refractivity contribution is -0.127. The largest absolute Gasteiger partial charge is 0.380 e. The molecule has 0 saturated carbocycles. The van der Waals surface area contributed by atoms with Crippen LogP contribution in [0.15, 0.2) is 0 Å². The topological polar surface area (TPSA) is 64.4 Å². The third-order valence-corrected chi connectivity index (χ3v) is 2.89. The molecule has 4 heteroatoms. The fourth-order valence-corrected chi connectivity index (χ4v) is 1.39. The fourth-order valence-electron chi connectivity index (χ4n) is 1.39. The molecule has 3 N–H and O–H groups in total. The van der Waals surface area contributed by atoms with Crippen molar-refractivity contribution in [3.63, 3.8) is 0 Å². The number of carbonyl (C=O) groups excluding carboxylic acids is 1. The number of carbonyl (C=O) groups is 1. The highest BCUT2D eigenvalue weighted by Crippen LogP contribution is 2.25. The molecule has 1 unspecified atom stereocenters. The van der Waals surface area contributed by atoms with Crippen LogP contribution in [0.25, 0.3) is 0 Å². The van der Waals surface area contributed by atoms with Crippen LogP contribution in [0.1, 0.15) is 27.2 Å². The number of amides is 1. The van der Waals surface area contributed by atoms with Crippen molar-refractivity contribution in [2.24, 2.45) is 17.1 Å². The zero-order chi connectivity index (χ0) is 11.5. The SMILES string of the molecule is CC(C)C(N)CC(=O)NCC1(C)COC1.